The second-order valence-corrected chi connectivity index (χ2v) is 10.6. The maximum atomic E-state index is 13.1. The molecule has 3 aliphatic heterocycles. The number of anilines is 1. The third kappa shape index (κ3) is 5.10. The number of nitrogens with zero attached hydrogens (tertiary/aromatic N) is 4. The lowest BCUT2D eigenvalue weighted by atomic mass is 10.2. The van der Waals surface area contributed by atoms with Gasteiger partial charge in [0.2, 0.25) is 21.8 Å². The molecule has 0 aliphatic carbocycles. The van der Waals surface area contributed by atoms with Gasteiger partial charge in [0.15, 0.2) is 0 Å². The smallest absolute Gasteiger partial charge is 0.243 e. The number of piperazine rings is 1. The molecule has 4 rings (SSSR count). The van der Waals surface area contributed by atoms with Crippen molar-refractivity contribution in [3.05, 3.63) is 24.3 Å². The van der Waals surface area contributed by atoms with Crippen LogP contribution in [0.15, 0.2) is 29.2 Å². The average Bonchev–Trinajstić information content (AvgIpc) is 3.02. The molecular formula is C22H32N4O4S. The summed E-state index contributed by atoms with van der Waals surface area (Å²) < 4.78 is 27.6. The molecule has 8 nitrogen and oxygen atoms in total. The van der Waals surface area contributed by atoms with Gasteiger partial charge in [0.25, 0.3) is 0 Å². The number of likely N-dealkylation sites (tertiary alicyclic amines) is 1. The normalized spacial score (nSPS) is 22.0. The van der Waals surface area contributed by atoms with Crippen molar-refractivity contribution in [2.45, 2.75) is 43.4 Å². The summed E-state index contributed by atoms with van der Waals surface area (Å²) >= 11 is 0. The summed E-state index contributed by atoms with van der Waals surface area (Å²) in [5.74, 6) is 0.242. The SMILES string of the molecule is O=C(CN1CCN(S(=O)(=O)c2ccc(N3CCCC3=O)cc2)CC1)N1CCCCCC1. The molecule has 0 spiro atoms. The van der Waals surface area contributed by atoms with E-state index in [0.29, 0.717) is 45.7 Å². The van der Waals surface area contributed by atoms with Crippen molar-refractivity contribution in [1.29, 1.82) is 0 Å². The fraction of sp³-hybridized carbons (Fsp3) is 0.636. The number of carbonyl (C=O) groups is 2. The molecule has 3 heterocycles. The van der Waals surface area contributed by atoms with Crippen molar-refractivity contribution in [1.82, 2.24) is 14.1 Å². The van der Waals surface area contributed by atoms with E-state index in [2.05, 4.69) is 4.90 Å². The maximum absolute atomic E-state index is 13.1. The highest BCUT2D eigenvalue weighted by atomic mass is 32.2. The standard InChI is InChI=1S/C22H32N4O4S/c27-21-6-5-13-26(21)19-7-9-20(10-8-19)31(29,30)25-16-14-23(15-17-25)18-22(28)24-11-3-1-2-4-12-24/h7-10H,1-6,11-18H2. The molecule has 0 aromatic heterocycles. The van der Waals surface area contributed by atoms with E-state index in [9.17, 15) is 18.0 Å². The van der Waals surface area contributed by atoms with E-state index < -0.39 is 10.0 Å². The highest BCUT2D eigenvalue weighted by Crippen LogP contribution is 2.25. The molecule has 0 unspecified atom stereocenters. The second kappa shape index (κ2) is 9.67. The van der Waals surface area contributed by atoms with Crippen LogP contribution in [0, 0.1) is 0 Å². The fourth-order valence-electron chi connectivity index (χ4n) is 4.61. The van der Waals surface area contributed by atoms with Crippen LogP contribution in [-0.4, -0.2) is 86.7 Å². The first kappa shape index (κ1) is 22.2. The van der Waals surface area contributed by atoms with Crippen LogP contribution in [0.25, 0.3) is 0 Å². The highest BCUT2D eigenvalue weighted by Gasteiger charge is 2.30. The van der Waals surface area contributed by atoms with Gasteiger partial charge < -0.3 is 9.80 Å². The number of rotatable bonds is 5. The minimum Gasteiger partial charge on any atom is -0.342 e. The number of sulfonamides is 1. The monoisotopic (exact) mass is 448 g/mol. The van der Waals surface area contributed by atoms with Gasteiger partial charge in [-0.3, -0.25) is 14.5 Å². The lowest BCUT2D eigenvalue weighted by molar-refractivity contribution is -0.132. The van der Waals surface area contributed by atoms with Gasteiger partial charge in [-0.15, -0.1) is 0 Å². The van der Waals surface area contributed by atoms with E-state index in [-0.39, 0.29) is 16.7 Å². The van der Waals surface area contributed by atoms with Crippen molar-refractivity contribution in [3.63, 3.8) is 0 Å². The molecule has 0 atom stereocenters. The number of hydrogen-bond donors (Lipinski definition) is 0. The number of hydrogen-bond acceptors (Lipinski definition) is 5. The van der Waals surface area contributed by atoms with Gasteiger partial charge in [-0.05, 0) is 43.5 Å². The quantitative estimate of drug-likeness (QED) is 0.682. The summed E-state index contributed by atoms with van der Waals surface area (Å²) in [6.45, 7) is 4.59. The highest BCUT2D eigenvalue weighted by molar-refractivity contribution is 7.89. The van der Waals surface area contributed by atoms with Gasteiger partial charge in [-0.1, -0.05) is 12.8 Å². The van der Waals surface area contributed by atoms with Crippen LogP contribution in [-0.2, 0) is 19.6 Å². The summed E-state index contributed by atoms with van der Waals surface area (Å²) in [5, 5.41) is 0. The first-order chi connectivity index (χ1) is 14.9. The molecule has 9 heteroatoms. The van der Waals surface area contributed by atoms with Crippen LogP contribution in [0.4, 0.5) is 5.69 Å². The Labute approximate surface area is 184 Å². The van der Waals surface area contributed by atoms with Crippen molar-refractivity contribution in [3.8, 4) is 0 Å². The van der Waals surface area contributed by atoms with E-state index in [1.807, 2.05) is 4.90 Å². The van der Waals surface area contributed by atoms with Gasteiger partial charge in [-0.2, -0.15) is 4.31 Å². The second-order valence-electron chi connectivity index (χ2n) is 8.62. The Kier molecular flexibility index (Phi) is 6.93. The molecular weight excluding hydrogens is 416 g/mol. The molecule has 3 fully saturated rings. The van der Waals surface area contributed by atoms with E-state index in [1.54, 1.807) is 29.2 Å². The third-order valence-corrected chi connectivity index (χ3v) is 8.42. The number of amides is 2. The van der Waals surface area contributed by atoms with Crippen molar-refractivity contribution < 1.29 is 18.0 Å². The van der Waals surface area contributed by atoms with Crippen LogP contribution >= 0.6 is 0 Å². The Balaban J connectivity index is 1.32. The Morgan fingerprint density at radius 3 is 2.03 bits per heavy atom. The van der Waals surface area contributed by atoms with E-state index in [0.717, 1.165) is 38.0 Å². The molecule has 1 aromatic carbocycles. The van der Waals surface area contributed by atoms with Crippen molar-refractivity contribution in [2.24, 2.45) is 0 Å². The average molecular weight is 449 g/mol. The molecule has 2 amide bonds. The van der Waals surface area contributed by atoms with Crippen LogP contribution in [0.3, 0.4) is 0 Å². The Morgan fingerprint density at radius 1 is 0.806 bits per heavy atom. The topological polar surface area (TPSA) is 81.2 Å². The molecule has 1 aromatic rings. The molecule has 0 radical (unpaired) electrons. The van der Waals surface area contributed by atoms with Gasteiger partial charge in [-0.25, -0.2) is 8.42 Å². The summed E-state index contributed by atoms with van der Waals surface area (Å²) in [5.41, 5.74) is 0.748. The lowest BCUT2D eigenvalue weighted by Gasteiger charge is -2.34. The molecule has 3 saturated heterocycles. The fourth-order valence-corrected chi connectivity index (χ4v) is 6.03. The van der Waals surface area contributed by atoms with Crippen LogP contribution < -0.4 is 4.90 Å². The minimum atomic E-state index is -3.59. The molecule has 170 valence electrons. The first-order valence-electron chi connectivity index (χ1n) is 11.4. The Bertz CT molecular complexity index is 887. The zero-order valence-electron chi connectivity index (χ0n) is 18.0. The summed E-state index contributed by atoms with van der Waals surface area (Å²) in [6, 6.07) is 6.61. The van der Waals surface area contributed by atoms with E-state index >= 15 is 0 Å². The van der Waals surface area contributed by atoms with Gasteiger partial charge in [0.05, 0.1) is 11.4 Å². The van der Waals surface area contributed by atoms with Crippen molar-refractivity contribution >= 4 is 27.5 Å². The van der Waals surface area contributed by atoms with Crippen LogP contribution in [0.2, 0.25) is 0 Å². The predicted molar refractivity (Wildman–Crippen MR) is 118 cm³/mol. The molecule has 31 heavy (non-hydrogen) atoms. The maximum Gasteiger partial charge on any atom is 0.243 e. The number of benzene rings is 1. The van der Waals surface area contributed by atoms with Crippen LogP contribution in [0.1, 0.15) is 38.5 Å². The molecule has 0 bridgehead atoms. The molecule has 3 aliphatic rings. The predicted octanol–water partition coefficient (Wildman–Crippen LogP) is 1.52. The molecule has 0 saturated carbocycles. The molecule has 0 N–H and O–H groups in total. The minimum absolute atomic E-state index is 0.0847. The van der Waals surface area contributed by atoms with E-state index in [1.165, 1.54) is 17.1 Å². The van der Waals surface area contributed by atoms with Gasteiger partial charge >= 0.3 is 0 Å². The summed E-state index contributed by atoms with van der Waals surface area (Å²) in [4.78, 5) is 30.5. The van der Waals surface area contributed by atoms with Crippen molar-refractivity contribution in [2.75, 3.05) is 57.3 Å². The van der Waals surface area contributed by atoms with Gasteiger partial charge in [0, 0.05) is 57.9 Å². The Hall–Kier alpha value is -1.97. The number of carbonyl (C=O) groups excluding carboxylic acids is 2. The summed E-state index contributed by atoms with van der Waals surface area (Å²) in [7, 11) is -3.59. The lowest BCUT2D eigenvalue weighted by Crippen LogP contribution is -2.51. The zero-order valence-corrected chi connectivity index (χ0v) is 18.9. The van der Waals surface area contributed by atoms with Gasteiger partial charge in [0.1, 0.15) is 0 Å². The zero-order chi connectivity index (χ0) is 21.8. The summed E-state index contributed by atoms with van der Waals surface area (Å²) in [6.07, 6.45) is 5.91. The third-order valence-electron chi connectivity index (χ3n) is 6.51. The Morgan fingerprint density at radius 2 is 1.45 bits per heavy atom. The van der Waals surface area contributed by atoms with E-state index in [4.69, 9.17) is 0 Å². The largest absolute Gasteiger partial charge is 0.342 e. The van der Waals surface area contributed by atoms with Crippen LogP contribution in [0.5, 0.6) is 0 Å². The first-order valence-corrected chi connectivity index (χ1v) is 12.8.